The highest BCUT2D eigenvalue weighted by atomic mass is 32.2. The number of rotatable bonds is 3. The van der Waals surface area contributed by atoms with Crippen LogP contribution in [-0.4, -0.2) is 38.3 Å². The molecule has 1 aliphatic heterocycles. The van der Waals surface area contributed by atoms with Gasteiger partial charge >= 0.3 is 0 Å². The van der Waals surface area contributed by atoms with Crippen molar-refractivity contribution in [3.05, 3.63) is 0 Å². The molecule has 0 amide bonds. The highest BCUT2D eigenvalue weighted by Gasteiger charge is 2.26. The molecule has 0 spiro atoms. The molecule has 3 nitrogen and oxygen atoms in total. The SMILES string of the molecule is O=S1(=O)CCC(NCCS)C1. The maximum absolute atomic E-state index is 10.9. The monoisotopic (exact) mass is 195 g/mol. The summed E-state index contributed by atoms with van der Waals surface area (Å²) in [6.45, 7) is 0.795. The van der Waals surface area contributed by atoms with Crippen molar-refractivity contribution in [2.75, 3.05) is 23.8 Å². The molecular formula is C6H13NO2S2. The fourth-order valence-corrected chi connectivity index (χ4v) is 3.06. The van der Waals surface area contributed by atoms with Crippen molar-refractivity contribution in [1.82, 2.24) is 5.32 Å². The molecule has 1 unspecified atom stereocenters. The predicted octanol–water partition coefficient (Wildman–Crippen LogP) is -0.307. The second-order valence-corrected chi connectivity index (χ2v) is 5.45. The van der Waals surface area contributed by atoms with E-state index in [1.54, 1.807) is 0 Å². The van der Waals surface area contributed by atoms with Crippen LogP contribution in [0.4, 0.5) is 0 Å². The normalized spacial score (nSPS) is 29.0. The Morgan fingerprint density at radius 1 is 1.55 bits per heavy atom. The number of hydrogen-bond donors (Lipinski definition) is 2. The molecule has 0 aromatic carbocycles. The molecule has 5 heteroatoms. The van der Waals surface area contributed by atoms with E-state index in [-0.39, 0.29) is 6.04 Å². The number of nitrogens with one attached hydrogen (secondary N) is 1. The van der Waals surface area contributed by atoms with Gasteiger partial charge in [0, 0.05) is 18.3 Å². The summed E-state index contributed by atoms with van der Waals surface area (Å²) in [6, 6.07) is 0.173. The van der Waals surface area contributed by atoms with Gasteiger partial charge in [0.15, 0.2) is 9.84 Å². The van der Waals surface area contributed by atoms with Gasteiger partial charge in [-0.15, -0.1) is 0 Å². The third kappa shape index (κ3) is 3.01. The van der Waals surface area contributed by atoms with Crippen molar-refractivity contribution in [1.29, 1.82) is 0 Å². The first kappa shape index (κ1) is 9.35. The Kier molecular flexibility index (Phi) is 3.21. The molecule has 1 atom stereocenters. The molecule has 1 fully saturated rings. The molecule has 0 aromatic rings. The molecule has 0 aliphatic carbocycles. The number of sulfone groups is 1. The maximum Gasteiger partial charge on any atom is 0.151 e. The summed E-state index contributed by atoms with van der Waals surface area (Å²) in [4.78, 5) is 0. The third-order valence-corrected chi connectivity index (χ3v) is 3.77. The summed E-state index contributed by atoms with van der Waals surface area (Å²) < 4.78 is 21.9. The lowest BCUT2D eigenvalue weighted by Gasteiger charge is -2.07. The van der Waals surface area contributed by atoms with Gasteiger partial charge in [-0.25, -0.2) is 8.42 Å². The van der Waals surface area contributed by atoms with Crippen LogP contribution in [-0.2, 0) is 9.84 Å². The van der Waals surface area contributed by atoms with E-state index in [1.807, 2.05) is 0 Å². The lowest BCUT2D eigenvalue weighted by atomic mass is 10.3. The summed E-state index contributed by atoms with van der Waals surface area (Å²) >= 11 is 4.02. The average molecular weight is 195 g/mol. The lowest BCUT2D eigenvalue weighted by molar-refractivity contribution is 0.575. The average Bonchev–Trinajstić information content (AvgIpc) is 2.26. The smallest absolute Gasteiger partial charge is 0.151 e. The summed E-state index contributed by atoms with van der Waals surface area (Å²) in [5.74, 6) is 1.41. The van der Waals surface area contributed by atoms with E-state index in [1.165, 1.54) is 0 Å². The van der Waals surface area contributed by atoms with Crippen LogP contribution in [0.15, 0.2) is 0 Å². The van der Waals surface area contributed by atoms with Crippen molar-refractivity contribution in [2.24, 2.45) is 0 Å². The minimum atomic E-state index is -2.71. The van der Waals surface area contributed by atoms with Crippen LogP contribution in [0.1, 0.15) is 6.42 Å². The highest BCUT2D eigenvalue weighted by Crippen LogP contribution is 2.10. The van der Waals surface area contributed by atoms with Crippen LogP contribution in [0.3, 0.4) is 0 Å². The van der Waals surface area contributed by atoms with Crippen molar-refractivity contribution < 1.29 is 8.42 Å². The molecule has 0 bridgehead atoms. The Bertz CT molecular complexity index is 213. The van der Waals surface area contributed by atoms with Gasteiger partial charge in [0.05, 0.1) is 11.5 Å². The van der Waals surface area contributed by atoms with E-state index >= 15 is 0 Å². The fraction of sp³-hybridized carbons (Fsp3) is 1.00. The van der Waals surface area contributed by atoms with Crippen LogP contribution >= 0.6 is 12.6 Å². The molecule has 66 valence electrons. The zero-order valence-electron chi connectivity index (χ0n) is 6.28. The first-order valence-corrected chi connectivity index (χ1v) is 6.14. The van der Waals surface area contributed by atoms with Crippen molar-refractivity contribution >= 4 is 22.5 Å². The second kappa shape index (κ2) is 3.78. The van der Waals surface area contributed by atoms with Gasteiger partial charge in [0.2, 0.25) is 0 Å². The predicted molar refractivity (Wildman–Crippen MR) is 48.9 cm³/mol. The maximum atomic E-state index is 10.9. The van der Waals surface area contributed by atoms with Crippen LogP contribution in [0.2, 0.25) is 0 Å². The van der Waals surface area contributed by atoms with Gasteiger partial charge in [0.1, 0.15) is 0 Å². The van der Waals surface area contributed by atoms with Gasteiger partial charge < -0.3 is 5.32 Å². The van der Waals surface area contributed by atoms with Crippen LogP contribution in [0.5, 0.6) is 0 Å². The van der Waals surface area contributed by atoms with Gasteiger partial charge in [0.25, 0.3) is 0 Å². The minimum absolute atomic E-state index is 0.173. The van der Waals surface area contributed by atoms with Crippen molar-refractivity contribution in [2.45, 2.75) is 12.5 Å². The van der Waals surface area contributed by atoms with Crippen LogP contribution in [0.25, 0.3) is 0 Å². The Morgan fingerprint density at radius 2 is 2.27 bits per heavy atom. The molecule has 0 radical (unpaired) electrons. The fourth-order valence-electron chi connectivity index (χ4n) is 1.22. The van der Waals surface area contributed by atoms with Crippen LogP contribution in [0, 0.1) is 0 Å². The number of thiol groups is 1. The van der Waals surface area contributed by atoms with E-state index in [4.69, 9.17) is 0 Å². The number of hydrogen-bond acceptors (Lipinski definition) is 4. The Labute approximate surface area is 72.9 Å². The van der Waals surface area contributed by atoms with Crippen molar-refractivity contribution in [3.63, 3.8) is 0 Å². The summed E-state index contributed by atoms with van der Waals surface area (Å²) in [6.07, 6.45) is 0.760. The molecule has 1 aliphatic rings. The van der Waals surface area contributed by atoms with Gasteiger partial charge in [-0.1, -0.05) is 0 Å². The molecule has 1 rings (SSSR count). The van der Waals surface area contributed by atoms with Crippen LogP contribution < -0.4 is 5.32 Å². The van der Waals surface area contributed by atoms with E-state index < -0.39 is 9.84 Å². The zero-order valence-corrected chi connectivity index (χ0v) is 8.00. The zero-order chi connectivity index (χ0) is 8.32. The molecule has 0 aromatic heterocycles. The minimum Gasteiger partial charge on any atom is -0.312 e. The largest absolute Gasteiger partial charge is 0.312 e. The van der Waals surface area contributed by atoms with Crippen molar-refractivity contribution in [3.8, 4) is 0 Å². The molecule has 0 saturated carbocycles. The second-order valence-electron chi connectivity index (χ2n) is 2.78. The molecule has 1 saturated heterocycles. The lowest BCUT2D eigenvalue weighted by Crippen LogP contribution is -2.31. The first-order chi connectivity index (χ1) is 5.14. The van der Waals surface area contributed by atoms with E-state index in [0.29, 0.717) is 11.5 Å². The first-order valence-electron chi connectivity index (χ1n) is 3.69. The Hall–Kier alpha value is 0.260. The molecule has 1 N–H and O–H groups in total. The summed E-state index contributed by atoms with van der Waals surface area (Å²) in [7, 11) is -2.71. The van der Waals surface area contributed by atoms with E-state index in [9.17, 15) is 8.42 Å². The summed E-state index contributed by atoms with van der Waals surface area (Å²) in [5.41, 5.74) is 0. The third-order valence-electron chi connectivity index (χ3n) is 1.78. The quantitative estimate of drug-likeness (QED) is 0.607. The van der Waals surface area contributed by atoms with Gasteiger partial charge in [-0.3, -0.25) is 0 Å². The van der Waals surface area contributed by atoms with E-state index in [0.717, 1.165) is 18.7 Å². The standard InChI is InChI=1S/C6H13NO2S2/c8-11(9)4-1-6(5-11)7-2-3-10/h6-7,10H,1-5H2. The highest BCUT2D eigenvalue weighted by molar-refractivity contribution is 7.91. The Morgan fingerprint density at radius 3 is 2.73 bits per heavy atom. The topological polar surface area (TPSA) is 46.2 Å². The van der Waals surface area contributed by atoms with E-state index in [2.05, 4.69) is 17.9 Å². The molecule has 1 heterocycles. The Balaban J connectivity index is 2.31. The molecular weight excluding hydrogens is 182 g/mol. The summed E-state index contributed by atoms with van der Waals surface area (Å²) in [5, 5.41) is 3.13. The van der Waals surface area contributed by atoms with Gasteiger partial charge in [-0.05, 0) is 6.42 Å². The molecule has 11 heavy (non-hydrogen) atoms. The van der Waals surface area contributed by atoms with Gasteiger partial charge in [-0.2, -0.15) is 12.6 Å².